The third-order valence-electron chi connectivity index (χ3n) is 5.04. The van der Waals surface area contributed by atoms with Crippen molar-refractivity contribution in [1.82, 2.24) is 20.2 Å². The van der Waals surface area contributed by atoms with Crippen LogP contribution in [0, 0.1) is 0 Å². The largest absolute Gasteiger partial charge is 0.491 e. The number of benzene rings is 1. The van der Waals surface area contributed by atoms with E-state index in [1.807, 2.05) is 24.3 Å². The first-order chi connectivity index (χ1) is 15.2. The van der Waals surface area contributed by atoms with Gasteiger partial charge in [0.1, 0.15) is 11.5 Å². The molecule has 0 atom stereocenters. The number of hydrogen-bond acceptors (Lipinski definition) is 8. The number of rotatable bonds is 6. The van der Waals surface area contributed by atoms with Crippen molar-refractivity contribution in [3.8, 4) is 0 Å². The molecule has 1 aromatic carbocycles. The molecule has 31 heavy (non-hydrogen) atoms. The van der Waals surface area contributed by atoms with Gasteiger partial charge in [-0.3, -0.25) is 5.10 Å². The van der Waals surface area contributed by atoms with Gasteiger partial charge in [-0.1, -0.05) is 0 Å². The summed E-state index contributed by atoms with van der Waals surface area (Å²) in [5, 5.41) is 13.7. The number of ether oxygens (including phenoxy) is 2. The fourth-order valence-electron chi connectivity index (χ4n) is 3.46. The van der Waals surface area contributed by atoms with Gasteiger partial charge < -0.3 is 25.0 Å². The Morgan fingerprint density at radius 3 is 2.68 bits per heavy atom. The zero-order chi connectivity index (χ0) is 21.0. The number of hydrogen-bond donors (Lipinski definition) is 3. The van der Waals surface area contributed by atoms with Crippen LogP contribution in [0.4, 0.5) is 29.0 Å². The molecule has 3 aromatic rings. The molecule has 2 aromatic heterocycles. The highest BCUT2D eigenvalue weighted by molar-refractivity contribution is 9.10. The summed E-state index contributed by atoms with van der Waals surface area (Å²) in [7, 11) is 0. The third kappa shape index (κ3) is 4.64. The standard InChI is InChI=1S/C21H22BrN7O2/c22-16-13-23-21(24-14-3-5-15(6-4-14)29-7-10-30-11-8-29)26-20(16)25-19-12-17(27-28-19)18-2-1-9-31-18/h2-6,12-13H,1,7-11H2,(H3,23,24,25,26,27,28). The molecule has 9 nitrogen and oxygen atoms in total. The molecule has 4 heterocycles. The van der Waals surface area contributed by atoms with Crippen molar-refractivity contribution in [2.45, 2.75) is 6.42 Å². The molecule has 2 aliphatic rings. The first-order valence-corrected chi connectivity index (χ1v) is 10.9. The molecule has 0 radical (unpaired) electrons. The van der Waals surface area contributed by atoms with Crippen LogP contribution >= 0.6 is 15.9 Å². The Balaban J connectivity index is 1.27. The van der Waals surface area contributed by atoms with Crippen molar-refractivity contribution < 1.29 is 9.47 Å². The van der Waals surface area contributed by atoms with Crippen molar-refractivity contribution in [2.24, 2.45) is 0 Å². The first-order valence-electron chi connectivity index (χ1n) is 10.1. The molecule has 5 rings (SSSR count). The minimum atomic E-state index is 0.488. The molecule has 10 heteroatoms. The maximum Gasteiger partial charge on any atom is 0.229 e. The van der Waals surface area contributed by atoms with Crippen LogP contribution in [0.5, 0.6) is 0 Å². The fraction of sp³-hybridized carbons (Fsp3) is 0.286. The van der Waals surface area contributed by atoms with E-state index in [4.69, 9.17) is 9.47 Å². The van der Waals surface area contributed by atoms with Crippen LogP contribution in [-0.2, 0) is 9.47 Å². The van der Waals surface area contributed by atoms with Crippen molar-refractivity contribution in [3.05, 3.63) is 52.8 Å². The summed E-state index contributed by atoms with van der Waals surface area (Å²) >= 11 is 3.49. The lowest BCUT2D eigenvalue weighted by Crippen LogP contribution is -2.36. The van der Waals surface area contributed by atoms with Crippen LogP contribution in [0.1, 0.15) is 12.1 Å². The zero-order valence-electron chi connectivity index (χ0n) is 16.8. The summed E-state index contributed by atoms with van der Waals surface area (Å²) in [5.41, 5.74) is 2.94. The number of aromatic nitrogens is 4. The van der Waals surface area contributed by atoms with E-state index in [-0.39, 0.29) is 0 Å². The normalized spacial score (nSPS) is 16.0. The maximum absolute atomic E-state index is 5.57. The smallest absolute Gasteiger partial charge is 0.229 e. The van der Waals surface area contributed by atoms with E-state index < -0.39 is 0 Å². The van der Waals surface area contributed by atoms with Crippen molar-refractivity contribution in [2.75, 3.05) is 48.4 Å². The topological polar surface area (TPSA) is 100 Å². The van der Waals surface area contributed by atoms with Gasteiger partial charge in [0.05, 0.1) is 24.3 Å². The number of H-pyrrole nitrogens is 1. The van der Waals surface area contributed by atoms with Crippen molar-refractivity contribution in [1.29, 1.82) is 0 Å². The van der Waals surface area contributed by atoms with E-state index in [2.05, 4.69) is 63.8 Å². The van der Waals surface area contributed by atoms with Crippen LogP contribution in [0.15, 0.2) is 47.1 Å². The predicted octanol–water partition coefficient (Wildman–Crippen LogP) is 4.05. The summed E-state index contributed by atoms with van der Waals surface area (Å²) in [6.07, 6.45) is 4.66. The predicted molar refractivity (Wildman–Crippen MR) is 123 cm³/mol. The number of nitrogens with one attached hydrogen (secondary N) is 3. The maximum atomic E-state index is 5.57. The van der Waals surface area contributed by atoms with E-state index in [0.717, 1.165) is 54.3 Å². The number of nitrogens with zero attached hydrogens (tertiary/aromatic N) is 4. The molecule has 0 bridgehead atoms. The molecule has 0 amide bonds. The molecular formula is C21H22BrN7O2. The Labute approximate surface area is 188 Å². The van der Waals surface area contributed by atoms with E-state index in [0.29, 0.717) is 24.2 Å². The monoisotopic (exact) mass is 483 g/mol. The SMILES string of the molecule is Brc1cnc(Nc2ccc(N3CCOCC3)cc2)nc1Nc1cc(C2=CCCO2)[nH]n1. The minimum Gasteiger partial charge on any atom is -0.491 e. The van der Waals surface area contributed by atoms with Crippen molar-refractivity contribution in [3.63, 3.8) is 0 Å². The number of anilines is 5. The van der Waals surface area contributed by atoms with Crippen LogP contribution in [0.25, 0.3) is 5.76 Å². The quantitative estimate of drug-likeness (QED) is 0.482. The van der Waals surface area contributed by atoms with Gasteiger partial charge in [0.25, 0.3) is 0 Å². The minimum absolute atomic E-state index is 0.488. The molecule has 0 aliphatic carbocycles. The summed E-state index contributed by atoms with van der Waals surface area (Å²) in [5.74, 6) is 2.57. The molecular weight excluding hydrogens is 462 g/mol. The van der Waals surface area contributed by atoms with Gasteiger partial charge in [0, 0.05) is 43.1 Å². The van der Waals surface area contributed by atoms with Crippen LogP contribution in [0.3, 0.4) is 0 Å². The highest BCUT2D eigenvalue weighted by Crippen LogP contribution is 2.27. The molecule has 0 spiro atoms. The molecule has 1 fully saturated rings. The second-order valence-electron chi connectivity index (χ2n) is 7.16. The molecule has 0 unspecified atom stereocenters. The van der Waals surface area contributed by atoms with Gasteiger partial charge in [0.15, 0.2) is 11.6 Å². The molecule has 3 N–H and O–H groups in total. The molecule has 160 valence electrons. The van der Waals surface area contributed by atoms with E-state index in [1.165, 1.54) is 5.69 Å². The van der Waals surface area contributed by atoms with Crippen LogP contribution < -0.4 is 15.5 Å². The Bertz CT molecular complexity index is 1080. The third-order valence-corrected chi connectivity index (χ3v) is 5.62. The summed E-state index contributed by atoms with van der Waals surface area (Å²) in [6.45, 7) is 4.07. The van der Waals surface area contributed by atoms with Crippen molar-refractivity contribution >= 4 is 50.6 Å². The second kappa shape index (κ2) is 8.94. The van der Waals surface area contributed by atoms with Crippen LogP contribution in [0.2, 0.25) is 0 Å². The average Bonchev–Trinajstić information content (AvgIpc) is 3.49. The first kappa shape index (κ1) is 19.8. The van der Waals surface area contributed by atoms with Crippen LogP contribution in [-0.4, -0.2) is 53.1 Å². The highest BCUT2D eigenvalue weighted by atomic mass is 79.9. The summed E-state index contributed by atoms with van der Waals surface area (Å²) < 4.78 is 11.7. The van der Waals surface area contributed by atoms with Gasteiger partial charge in [-0.25, -0.2) is 4.98 Å². The lowest BCUT2D eigenvalue weighted by Gasteiger charge is -2.28. The van der Waals surface area contributed by atoms with E-state index in [1.54, 1.807) is 6.20 Å². The zero-order valence-corrected chi connectivity index (χ0v) is 18.4. The van der Waals surface area contributed by atoms with Gasteiger partial charge >= 0.3 is 0 Å². The highest BCUT2D eigenvalue weighted by Gasteiger charge is 2.14. The molecule has 2 aliphatic heterocycles. The molecule has 1 saturated heterocycles. The Hall–Kier alpha value is -3.11. The summed E-state index contributed by atoms with van der Waals surface area (Å²) in [4.78, 5) is 11.3. The Kier molecular flexibility index (Phi) is 5.72. The lowest BCUT2D eigenvalue weighted by atomic mass is 10.2. The molecule has 0 saturated carbocycles. The summed E-state index contributed by atoms with van der Waals surface area (Å²) in [6, 6.07) is 10.1. The van der Waals surface area contributed by atoms with Gasteiger partial charge in [-0.15, -0.1) is 0 Å². The fourth-order valence-corrected chi connectivity index (χ4v) is 3.75. The van der Waals surface area contributed by atoms with E-state index in [9.17, 15) is 0 Å². The Morgan fingerprint density at radius 1 is 1.06 bits per heavy atom. The number of aromatic amines is 1. The average molecular weight is 484 g/mol. The van der Waals surface area contributed by atoms with Gasteiger partial charge in [0.2, 0.25) is 5.95 Å². The number of halogens is 1. The van der Waals surface area contributed by atoms with E-state index >= 15 is 0 Å². The number of morpholine rings is 1. The Morgan fingerprint density at radius 2 is 1.90 bits per heavy atom. The van der Waals surface area contributed by atoms with Gasteiger partial charge in [-0.05, 0) is 46.3 Å². The van der Waals surface area contributed by atoms with Gasteiger partial charge in [-0.2, -0.15) is 10.1 Å². The lowest BCUT2D eigenvalue weighted by molar-refractivity contribution is 0.122. The second-order valence-corrected chi connectivity index (χ2v) is 8.01.